The van der Waals surface area contributed by atoms with E-state index in [0.29, 0.717) is 12.1 Å². The van der Waals surface area contributed by atoms with Gasteiger partial charge in [0.1, 0.15) is 6.26 Å². The zero-order valence-corrected chi connectivity index (χ0v) is 8.51. The zero-order valence-electron chi connectivity index (χ0n) is 8.51. The fraction of sp³-hybridized carbons (Fsp3) is 0.0833. The molecule has 3 rings (SSSR count). The molecule has 0 fully saturated rings. The molecule has 4 nitrogen and oxygen atoms in total. The summed E-state index contributed by atoms with van der Waals surface area (Å²) < 4.78 is 5.40. The average molecular weight is 214 g/mol. The Balaban J connectivity index is 2.20. The first-order valence-corrected chi connectivity index (χ1v) is 4.99. The van der Waals surface area contributed by atoms with Crippen molar-refractivity contribution in [2.75, 3.05) is 11.4 Å². The summed E-state index contributed by atoms with van der Waals surface area (Å²) in [5.74, 6) is 0.427. The highest BCUT2D eigenvalue weighted by Crippen LogP contribution is 2.39. The number of carbonyl (C=O) groups is 1. The van der Waals surface area contributed by atoms with Gasteiger partial charge in [0.15, 0.2) is 5.75 Å². The van der Waals surface area contributed by atoms with Gasteiger partial charge in [0.05, 0.1) is 12.2 Å². The third-order valence-corrected chi connectivity index (χ3v) is 2.74. The Bertz CT molecular complexity index is 532. The Labute approximate surface area is 92.6 Å². The Morgan fingerprint density at radius 3 is 3.12 bits per heavy atom. The molecule has 2 aliphatic heterocycles. The molecule has 16 heavy (non-hydrogen) atoms. The van der Waals surface area contributed by atoms with Crippen molar-refractivity contribution >= 4 is 17.7 Å². The number of amides is 1. The lowest BCUT2D eigenvalue weighted by molar-refractivity contribution is -0.114. The minimum atomic E-state index is -0.379. The normalized spacial score (nSPS) is 16.2. The minimum absolute atomic E-state index is 0.379. The second-order valence-corrected chi connectivity index (χ2v) is 3.76. The molecule has 0 bridgehead atoms. The number of rotatable bonds is 1. The van der Waals surface area contributed by atoms with Crippen LogP contribution in [0.15, 0.2) is 36.2 Å². The molecule has 0 aliphatic carbocycles. The maximum absolute atomic E-state index is 11.2. The first kappa shape index (κ1) is 9.03. The number of nitrogens with zero attached hydrogens (tertiary/aromatic N) is 1. The van der Waals surface area contributed by atoms with E-state index in [1.165, 1.54) is 0 Å². The number of nitrogens with two attached hydrogens (primary N) is 1. The molecule has 1 aromatic rings. The van der Waals surface area contributed by atoms with Crippen LogP contribution in [0.4, 0.5) is 5.69 Å². The van der Waals surface area contributed by atoms with Crippen molar-refractivity contribution in [2.45, 2.75) is 0 Å². The highest BCUT2D eigenvalue weighted by molar-refractivity contribution is 6.00. The summed E-state index contributed by atoms with van der Waals surface area (Å²) in [7, 11) is 0. The van der Waals surface area contributed by atoms with Crippen LogP contribution < -0.4 is 15.4 Å². The van der Waals surface area contributed by atoms with Gasteiger partial charge in [-0.05, 0) is 12.1 Å². The highest BCUT2D eigenvalue weighted by atomic mass is 16.5. The van der Waals surface area contributed by atoms with E-state index in [4.69, 9.17) is 10.5 Å². The van der Waals surface area contributed by atoms with Crippen LogP contribution >= 0.6 is 0 Å². The molecular weight excluding hydrogens is 204 g/mol. The molecule has 0 radical (unpaired) electrons. The van der Waals surface area contributed by atoms with E-state index >= 15 is 0 Å². The van der Waals surface area contributed by atoms with Crippen molar-refractivity contribution in [1.29, 1.82) is 0 Å². The summed E-state index contributed by atoms with van der Waals surface area (Å²) in [5, 5.41) is 0. The molecule has 0 atom stereocenters. The minimum Gasteiger partial charge on any atom is -0.461 e. The molecule has 80 valence electrons. The fourth-order valence-corrected chi connectivity index (χ4v) is 2.01. The Hall–Kier alpha value is -2.23. The number of ether oxygens (including phenoxy) is 1. The molecule has 2 N–H and O–H groups in total. The fourth-order valence-electron chi connectivity index (χ4n) is 2.01. The number of benzene rings is 1. The molecule has 1 aromatic carbocycles. The van der Waals surface area contributed by atoms with E-state index in [1.807, 2.05) is 35.4 Å². The van der Waals surface area contributed by atoms with Gasteiger partial charge in [-0.3, -0.25) is 4.79 Å². The van der Waals surface area contributed by atoms with Gasteiger partial charge in [-0.15, -0.1) is 0 Å². The molecular formula is C12H10N2O2. The van der Waals surface area contributed by atoms with Gasteiger partial charge in [-0.2, -0.15) is 0 Å². The third-order valence-electron chi connectivity index (χ3n) is 2.74. The smallest absolute Gasteiger partial charge is 0.246 e. The molecule has 2 heterocycles. The van der Waals surface area contributed by atoms with Crippen LogP contribution in [0, 0.1) is 0 Å². The first-order chi connectivity index (χ1) is 7.75. The van der Waals surface area contributed by atoms with Crippen LogP contribution in [0.3, 0.4) is 0 Å². The highest BCUT2D eigenvalue weighted by Gasteiger charge is 2.24. The van der Waals surface area contributed by atoms with Crippen LogP contribution in [0.1, 0.15) is 5.56 Å². The van der Waals surface area contributed by atoms with Crippen LogP contribution in [0.2, 0.25) is 0 Å². The summed E-state index contributed by atoms with van der Waals surface area (Å²) in [6.45, 7) is 0.499. The number of hydrogen-bond donors (Lipinski definition) is 1. The second-order valence-electron chi connectivity index (χ2n) is 3.76. The molecule has 0 unspecified atom stereocenters. The predicted molar refractivity (Wildman–Crippen MR) is 60.7 cm³/mol. The number of anilines is 1. The molecule has 2 aliphatic rings. The van der Waals surface area contributed by atoms with E-state index in [-0.39, 0.29) is 5.91 Å². The second kappa shape index (κ2) is 3.13. The summed E-state index contributed by atoms with van der Waals surface area (Å²) >= 11 is 0. The van der Waals surface area contributed by atoms with Gasteiger partial charge in [-0.25, -0.2) is 0 Å². The van der Waals surface area contributed by atoms with Crippen molar-refractivity contribution in [3.05, 3.63) is 41.8 Å². The molecule has 0 aromatic heterocycles. The van der Waals surface area contributed by atoms with Crippen molar-refractivity contribution in [3.63, 3.8) is 0 Å². The lowest BCUT2D eigenvalue weighted by Gasteiger charge is -2.31. The van der Waals surface area contributed by atoms with E-state index < -0.39 is 0 Å². The maximum Gasteiger partial charge on any atom is 0.246 e. The van der Waals surface area contributed by atoms with E-state index in [9.17, 15) is 4.79 Å². The molecule has 4 heteroatoms. The van der Waals surface area contributed by atoms with E-state index in [2.05, 4.69) is 0 Å². The number of hydrogen-bond acceptors (Lipinski definition) is 3. The topological polar surface area (TPSA) is 55.6 Å². The van der Waals surface area contributed by atoms with Crippen LogP contribution in [0.5, 0.6) is 5.75 Å². The number of primary amides is 1. The Morgan fingerprint density at radius 2 is 2.31 bits per heavy atom. The third kappa shape index (κ3) is 1.20. The SMILES string of the molecule is NC(=O)C1=Cc2cccc3c2N(C=CO3)C1. The number of carbonyl (C=O) groups excluding carboxylic acids is 1. The van der Waals surface area contributed by atoms with Crippen molar-refractivity contribution in [1.82, 2.24) is 0 Å². The zero-order chi connectivity index (χ0) is 11.1. The lowest BCUT2D eigenvalue weighted by atomic mass is 10.0. The van der Waals surface area contributed by atoms with Crippen LogP contribution in [-0.2, 0) is 4.79 Å². The summed E-state index contributed by atoms with van der Waals surface area (Å²) in [4.78, 5) is 13.2. The van der Waals surface area contributed by atoms with Gasteiger partial charge in [-0.1, -0.05) is 12.1 Å². The van der Waals surface area contributed by atoms with Crippen molar-refractivity contribution < 1.29 is 9.53 Å². The number of para-hydroxylation sites is 1. The molecule has 0 spiro atoms. The van der Waals surface area contributed by atoms with Crippen LogP contribution in [0.25, 0.3) is 6.08 Å². The van der Waals surface area contributed by atoms with Gasteiger partial charge in [0.2, 0.25) is 5.91 Å². The van der Waals surface area contributed by atoms with Gasteiger partial charge >= 0.3 is 0 Å². The average Bonchev–Trinajstić information content (AvgIpc) is 2.29. The van der Waals surface area contributed by atoms with E-state index in [0.717, 1.165) is 17.0 Å². The molecule has 0 saturated carbocycles. The Morgan fingerprint density at radius 1 is 1.44 bits per heavy atom. The predicted octanol–water partition coefficient (Wildman–Crippen LogP) is 1.24. The van der Waals surface area contributed by atoms with E-state index in [1.54, 1.807) is 6.26 Å². The standard InChI is InChI=1S/C12H10N2O2/c13-12(15)9-6-8-2-1-3-10-11(8)14(7-9)4-5-16-10/h1-6H,7H2,(H2,13,15). The lowest BCUT2D eigenvalue weighted by Crippen LogP contribution is -2.31. The quantitative estimate of drug-likeness (QED) is 0.765. The first-order valence-electron chi connectivity index (χ1n) is 4.99. The largest absolute Gasteiger partial charge is 0.461 e. The summed E-state index contributed by atoms with van der Waals surface area (Å²) in [6, 6.07) is 5.74. The van der Waals surface area contributed by atoms with Gasteiger partial charge < -0.3 is 15.4 Å². The van der Waals surface area contributed by atoms with Crippen LogP contribution in [-0.4, -0.2) is 12.5 Å². The summed E-state index contributed by atoms with van der Waals surface area (Å²) in [6.07, 6.45) is 5.23. The molecule has 0 saturated heterocycles. The van der Waals surface area contributed by atoms with Crippen molar-refractivity contribution in [3.8, 4) is 5.75 Å². The van der Waals surface area contributed by atoms with Gasteiger partial charge in [0, 0.05) is 17.3 Å². The maximum atomic E-state index is 11.2. The summed E-state index contributed by atoms with van der Waals surface area (Å²) in [5.41, 5.74) is 7.87. The molecule has 1 amide bonds. The van der Waals surface area contributed by atoms with Crippen molar-refractivity contribution in [2.24, 2.45) is 5.73 Å². The monoisotopic (exact) mass is 214 g/mol. The Kier molecular flexibility index (Phi) is 1.77. The van der Waals surface area contributed by atoms with Gasteiger partial charge in [0.25, 0.3) is 0 Å².